The quantitative estimate of drug-likeness (QED) is 0.318. The molecule has 1 atom stereocenters. The Kier molecular flexibility index (Phi) is 7.82. The fraction of sp³-hybridized carbons (Fsp3) is 0.393. The van der Waals surface area contributed by atoms with Crippen LogP contribution in [0.4, 0.5) is 18.9 Å². The second-order valence-corrected chi connectivity index (χ2v) is 11.8. The minimum Gasteiger partial charge on any atom is -0.493 e. The van der Waals surface area contributed by atoms with Gasteiger partial charge < -0.3 is 14.8 Å². The van der Waals surface area contributed by atoms with E-state index in [4.69, 9.17) is 14.8 Å². The van der Waals surface area contributed by atoms with E-state index < -0.39 is 32.7 Å². The third-order valence-electron chi connectivity index (χ3n) is 7.16. The number of fused-ring (bicyclic) bond motifs is 1. The number of aryl methyl sites for hydroxylation is 1. The number of aromatic nitrogens is 2. The largest absolute Gasteiger partial charge is 0.493 e. The number of hydrogen-bond acceptors (Lipinski definition) is 7. The van der Waals surface area contributed by atoms with Crippen LogP contribution in [0.3, 0.4) is 0 Å². The second-order valence-electron chi connectivity index (χ2n) is 10.1. The van der Waals surface area contributed by atoms with E-state index in [-0.39, 0.29) is 17.4 Å². The summed E-state index contributed by atoms with van der Waals surface area (Å²) in [5.41, 5.74) is 0.725. The molecule has 0 saturated heterocycles. The van der Waals surface area contributed by atoms with Crippen molar-refractivity contribution in [3.8, 4) is 5.75 Å². The van der Waals surface area contributed by atoms with Crippen molar-refractivity contribution < 1.29 is 31.1 Å². The van der Waals surface area contributed by atoms with Gasteiger partial charge in [0.2, 0.25) is 0 Å². The zero-order chi connectivity index (χ0) is 29.4. The molecule has 2 N–H and O–H groups in total. The summed E-state index contributed by atoms with van der Waals surface area (Å²) >= 11 is 0. The van der Waals surface area contributed by atoms with Crippen LogP contribution in [0.2, 0.25) is 0 Å². The first-order chi connectivity index (χ1) is 19.5. The van der Waals surface area contributed by atoms with E-state index >= 15 is 0 Å². The SMILES string of the molecule is CCCOc1ccc(NS(=O)(=O)c2cccc(C(F)(F)F)c2)cc1C1=Nn2c(C3CCCC3)nc(C)c2C(C=O)N1. The number of benzene rings is 2. The molecule has 0 amide bonds. The fourth-order valence-corrected chi connectivity index (χ4v) is 6.30. The summed E-state index contributed by atoms with van der Waals surface area (Å²) < 4.78 is 75.7. The van der Waals surface area contributed by atoms with Gasteiger partial charge in [-0.2, -0.15) is 13.2 Å². The number of carbonyl (C=O) groups is 1. The van der Waals surface area contributed by atoms with Gasteiger partial charge >= 0.3 is 6.18 Å². The highest BCUT2D eigenvalue weighted by Crippen LogP contribution is 2.37. The molecule has 1 aliphatic carbocycles. The molecular formula is C28H30F3N5O4S. The van der Waals surface area contributed by atoms with E-state index in [1.54, 1.807) is 10.7 Å². The number of anilines is 1. The molecule has 13 heteroatoms. The zero-order valence-electron chi connectivity index (χ0n) is 22.5. The molecule has 0 bridgehead atoms. The minimum atomic E-state index is -4.70. The Balaban J connectivity index is 1.56. The lowest BCUT2D eigenvalue weighted by atomic mass is 10.1. The number of alkyl halides is 3. The van der Waals surface area contributed by atoms with Crippen molar-refractivity contribution in [1.29, 1.82) is 0 Å². The topological polar surface area (TPSA) is 115 Å². The van der Waals surface area contributed by atoms with Gasteiger partial charge in [0.25, 0.3) is 10.0 Å². The van der Waals surface area contributed by atoms with Crippen molar-refractivity contribution in [3.05, 3.63) is 70.8 Å². The number of halogens is 3. The molecule has 0 radical (unpaired) electrons. The molecule has 1 aliphatic heterocycles. The van der Waals surface area contributed by atoms with Gasteiger partial charge in [-0.15, -0.1) is 5.10 Å². The maximum atomic E-state index is 13.2. The summed E-state index contributed by atoms with van der Waals surface area (Å²) in [4.78, 5) is 16.4. The van der Waals surface area contributed by atoms with Gasteiger partial charge in [0.05, 0.1) is 34.0 Å². The molecule has 218 valence electrons. The molecule has 41 heavy (non-hydrogen) atoms. The Bertz CT molecular complexity index is 1590. The molecule has 2 aliphatic rings. The highest BCUT2D eigenvalue weighted by molar-refractivity contribution is 7.92. The van der Waals surface area contributed by atoms with E-state index in [0.717, 1.165) is 56.0 Å². The lowest BCUT2D eigenvalue weighted by Gasteiger charge is -2.25. The van der Waals surface area contributed by atoms with Crippen molar-refractivity contribution in [1.82, 2.24) is 15.0 Å². The van der Waals surface area contributed by atoms with Crippen molar-refractivity contribution in [2.75, 3.05) is 11.3 Å². The fourth-order valence-electron chi connectivity index (χ4n) is 5.21. The molecule has 1 fully saturated rings. The first kappa shape index (κ1) is 28.7. The molecule has 3 aromatic rings. The van der Waals surface area contributed by atoms with Gasteiger partial charge in [-0.3, -0.25) is 4.72 Å². The summed E-state index contributed by atoms with van der Waals surface area (Å²) in [6, 6.07) is 7.25. The average Bonchev–Trinajstić information content (AvgIpc) is 3.59. The average molecular weight is 590 g/mol. The lowest BCUT2D eigenvalue weighted by Crippen LogP contribution is -2.37. The Labute approximate surface area is 235 Å². The Morgan fingerprint density at radius 2 is 1.93 bits per heavy atom. The van der Waals surface area contributed by atoms with Crippen LogP contribution < -0.4 is 14.8 Å². The van der Waals surface area contributed by atoms with Crippen molar-refractivity contribution >= 4 is 27.8 Å². The van der Waals surface area contributed by atoms with Gasteiger partial charge in [0, 0.05) is 11.6 Å². The summed E-state index contributed by atoms with van der Waals surface area (Å²) in [6.45, 7) is 4.14. The van der Waals surface area contributed by atoms with Crippen LogP contribution in [0.5, 0.6) is 5.75 Å². The van der Waals surface area contributed by atoms with Gasteiger partial charge in [-0.1, -0.05) is 25.8 Å². The van der Waals surface area contributed by atoms with E-state index in [0.29, 0.717) is 41.8 Å². The van der Waals surface area contributed by atoms with E-state index in [9.17, 15) is 26.4 Å². The van der Waals surface area contributed by atoms with Gasteiger partial charge in [-0.05, 0) is 62.6 Å². The number of aldehydes is 1. The maximum absolute atomic E-state index is 13.2. The third kappa shape index (κ3) is 5.81. The number of hydrogen-bond donors (Lipinski definition) is 2. The van der Waals surface area contributed by atoms with Gasteiger partial charge in [-0.25, -0.2) is 18.1 Å². The summed E-state index contributed by atoms with van der Waals surface area (Å²) in [6.07, 6.45) is 0.882. The van der Waals surface area contributed by atoms with E-state index in [1.165, 1.54) is 12.1 Å². The number of sulfonamides is 1. The summed E-state index contributed by atoms with van der Waals surface area (Å²) in [7, 11) is -4.37. The van der Waals surface area contributed by atoms with Crippen LogP contribution in [-0.2, 0) is 21.0 Å². The van der Waals surface area contributed by atoms with Crippen LogP contribution >= 0.6 is 0 Å². The van der Waals surface area contributed by atoms with Crippen molar-refractivity contribution in [3.63, 3.8) is 0 Å². The normalized spacial score (nSPS) is 17.5. The number of imidazole rings is 1. The van der Waals surface area contributed by atoms with Crippen LogP contribution in [0.1, 0.15) is 79.3 Å². The van der Waals surface area contributed by atoms with Crippen LogP contribution in [0.25, 0.3) is 0 Å². The minimum absolute atomic E-state index is 0.0806. The van der Waals surface area contributed by atoms with Gasteiger partial charge in [0.15, 0.2) is 5.84 Å². The van der Waals surface area contributed by atoms with Gasteiger partial charge in [0.1, 0.15) is 23.9 Å². The molecule has 1 saturated carbocycles. The number of carbonyl (C=O) groups excluding carboxylic acids is 1. The van der Waals surface area contributed by atoms with E-state index in [2.05, 4.69) is 10.0 Å². The standard InChI is InChI=1S/C28H30F3N5O4S/c1-3-13-40-24-12-11-20(35-41(38,39)21-10-6-9-19(14-21)28(29,30)31)15-22(24)26-33-23(16-37)25-17(2)32-27(36(25)34-26)18-7-4-5-8-18/h6,9-12,14-16,18,23,35H,3-5,7-8,13H2,1-2H3,(H,33,34). The predicted molar refractivity (Wildman–Crippen MR) is 147 cm³/mol. The zero-order valence-corrected chi connectivity index (χ0v) is 23.3. The number of rotatable bonds is 9. The molecule has 2 heterocycles. The number of nitrogens with zero attached hydrogens (tertiary/aromatic N) is 3. The van der Waals surface area contributed by atoms with Crippen LogP contribution in [0.15, 0.2) is 52.5 Å². The molecule has 5 rings (SSSR count). The smallest absolute Gasteiger partial charge is 0.416 e. The maximum Gasteiger partial charge on any atom is 0.416 e. The molecule has 2 aromatic carbocycles. The Morgan fingerprint density at radius 1 is 1.17 bits per heavy atom. The monoisotopic (exact) mass is 589 g/mol. The lowest BCUT2D eigenvalue weighted by molar-refractivity contribution is -0.137. The van der Waals surface area contributed by atoms with Crippen molar-refractivity contribution in [2.45, 2.75) is 69.0 Å². The summed E-state index contributed by atoms with van der Waals surface area (Å²) in [5.74, 6) is 1.66. The van der Waals surface area contributed by atoms with E-state index in [1.807, 2.05) is 13.8 Å². The first-order valence-corrected chi connectivity index (χ1v) is 14.9. The molecule has 0 spiro atoms. The second kappa shape index (κ2) is 11.2. The first-order valence-electron chi connectivity index (χ1n) is 13.4. The highest BCUT2D eigenvalue weighted by atomic mass is 32.2. The van der Waals surface area contributed by atoms with Crippen molar-refractivity contribution in [2.24, 2.45) is 5.10 Å². The highest BCUT2D eigenvalue weighted by Gasteiger charge is 2.34. The Hall–Kier alpha value is -3.87. The molecule has 1 unspecified atom stereocenters. The predicted octanol–water partition coefficient (Wildman–Crippen LogP) is 5.51. The third-order valence-corrected chi connectivity index (χ3v) is 8.54. The number of nitrogens with one attached hydrogen (secondary N) is 2. The molecule has 9 nitrogen and oxygen atoms in total. The van der Waals surface area contributed by atoms with Crippen LogP contribution in [-0.4, -0.2) is 36.8 Å². The summed E-state index contributed by atoms with van der Waals surface area (Å²) in [5, 5.41) is 7.92. The Morgan fingerprint density at radius 3 is 2.61 bits per heavy atom. The number of amidine groups is 1. The molecule has 1 aromatic heterocycles. The molecular weight excluding hydrogens is 559 g/mol. The number of ether oxygens (including phenoxy) is 1. The van der Waals surface area contributed by atoms with Crippen LogP contribution in [0, 0.1) is 6.92 Å².